The molecule has 0 saturated carbocycles. The van der Waals surface area contributed by atoms with Crippen LogP contribution in [0.25, 0.3) is 0 Å². The van der Waals surface area contributed by atoms with E-state index >= 15 is 0 Å². The van der Waals surface area contributed by atoms with Crippen LogP contribution in [-0.2, 0) is 6.54 Å². The lowest BCUT2D eigenvalue weighted by Gasteiger charge is -2.05. The Morgan fingerprint density at radius 2 is 2.50 bits per heavy atom. The van der Waals surface area contributed by atoms with E-state index in [0.29, 0.717) is 6.54 Å². The van der Waals surface area contributed by atoms with Gasteiger partial charge in [-0.05, 0) is 13.8 Å². The van der Waals surface area contributed by atoms with Crippen molar-refractivity contribution in [3.8, 4) is 0 Å². The van der Waals surface area contributed by atoms with E-state index < -0.39 is 0 Å². The van der Waals surface area contributed by atoms with Gasteiger partial charge in [0.1, 0.15) is 0 Å². The van der Waals surface area contributed by atoms with Crippen LogP contribution in [0.2, 0.25) is 0 Å². The fourth-order valence-electron chi connectivity index (χ4n) is 0.890. The van der Waals surface area contributed by atoms with Gasteiger partial charge in [0, 0.05) is 18.0 Å². The SMILES string of the molecule is Cc1ncsc1CNC[C@@H](C)O. The number of aliphatic hydroxyl groups is 1. The zero-order chi connectivity index (χ0) is 8.97. The maximum atomic E-state index is 8.98. The Morgan fingerprint density at radius 1 is 1.75 bits per heavy atom. The van der Waals surface area contributed by atoms with Crippen LogP contribution in [0.15, 0.2) is 5.51 Å². The summed E-state index contributed by atoms with van der Waals surface area (Å²) in [6.07, 6.45) is -0.279. The zero-order valence-corrected chi connectivity index (χ0v) is 8.19. The molecule has 3 nitrogen and oxygen atoms in total. The molecule has 2 N–H and O–H groups in total. The van der Waals surface area contributed by atoms with Gasteiger partial charge in [0.2, 0.25) is 0 Å². The monoisotopic (exact) mass is 186 g/mol. The van der Waals surface area contributed by atoms with Crippen molar-refractivity contribution in [2.45, 2.75) is 26.5 Å². The normalized spacial score (nSPS) is 13.2. The van der Waals surface area contributed by atoms with Crippen molar-refractivity contribution in [2.75, 3.05) is 6.54 Å². The van der Waals surface area contributed by atoms with Crippen LogP contribution in [0.5, 0.6) is 0 Å². The van der Waals surface area contributed by atoms with Crippen molar-refractivity contribution in [3.63, 3.8) is 0 Å². The van der Waals surface area contributed by atoms with Gasteiger partial charge in [0.15, 0.2) is 0 Å². The molecule has 12 heavy (non-hydrogen) atoms. The Balaban J connectivity index is 2.29. The van der Waals surface area contributed by atoms with E-state index in [-0.39, 0.29) is 6.10 Å². The number of nitrogens with zero attached hydrogens (tertiary/aromatic N) is 1. The van der Waals surface area contributed by atoms with Crippen LogP contribution in [0.1, 0.15) is 17.5 Å². The maximum Gasteiger partial charge on any atom is 0.0798 e. The largest absolute Gasteiger partial charge is 0.392 e. The molecule has 1 atom stereocenters. The number of aromatic nitrogens is 1. The van der Waals surface area contributed by atoms with Gasteiger partial charge in [-0.1, -0.05) is 0 Å². The smallest absolute Gasteiger partial charge is 0.0798 e. The molecule has 0 aliphatic carbocycles. The summed E-state index contributed by atoms with van der Waals surface area (Å²) >= 11 is 1.65. The molecule has 0 spiro atoms. The zero-order valence-electron chi connectivity index (χ0n) is 7.37. The summed E-state index contributed by atoms with van der Waals surface area (Å²) in [4.78, 5) is 5.38. The number of nitrogens with one attached hydrogen (secondary N) is 1. The second kappa shape index (κ2) is 4.54. The molecule has 0 bridgehead atoms. The molecule has 1 rings (SSSR count). The average Bonchev–Trinajstić information content (AvgIpc) is 2.36. The molecule has 0 fully saturated rings. The van der Waals surface area contributed by atoms with Crippen LogP contribution in [0.3, 0.4) is 0 Å². The summed E-state index contributed by atoms with van der Waals surface area (Å²) in [5.41, 5.74) is 2.92. The third kappa shape index (κ3) is 2.89. The maximum absolute atomic E-state index is 8.98. The Labute approximate surface area is 76.5 Å². The molecule has 0 unspecified atom stereocenters. The number of aliphatic hydroxyl groups excluding tert-OH is 1. The van der Waals surface area contributed by atoms with Gasteiger partial charge in [0.25, 0.3) is 0 Å². The number of thiazole rings is 1. The summed E-state index contributed by atoms with van der Waals surface area (Å²) in [5.74, 6) is 0. The van der Waals surface area contributed by atoms with Gasteiger partial charge < -0.3 is 10.4 Å². The number of hydrogen-bond donors (Lipinski definition) is 2. The molecule has 1 heterocycles. The molecular weight excluding hydrogens is 172 g/mol. The van der Waals surface area contributed by atoms with Gasteiger partial charge in [-0.2, -0.15) is 0 Å². The van der Waals surface area contributed by atoms with E-state index in [9.17, 15) is 0 Å². The first-order valence-corrected chi connectivity index (χ1v) is 4.86. The molecule has 68 valence electrons. The molecule has 0 aliphatic heterocycles. The summed E-state index contributed by atoms with van der Waals surface area (Å²) in [7, 11) is 0. The lowest BCUT2D eigenvalue weighted by atomic mass is 10.3. The summed E-state index contributed by atoms with van der Waals surface area (Å²) in [5, 5.41) is 12.1. The van der Waals surface area contributed by atoms with Crippen LogP contribution in [-0.4, -0.2) is 22.7 Å². The predicted octanol–water partition coefficient (Wildman–Crippen LogP) is 0.922. The molecule has 1 aromatic rings. The minimum absolute atomic E-state index is 0.279. The van der Waals surface area contributed by atoms with E-state index in [2.05, 4.69) is 10.3 Å². The van der Waals surface area contributed by atoms with Crippen molar-refractivity contribution in [1.29, 1.82) is 0 Å². The van der Waals surface area contributed by atoms with E-state index in [1.807, 2.05) is 12.4 Å². The third-order valence-electron chi connectivity index (χ3n) is 1.57. The molecule has 0 amide bonds. The van der Waals surface area contributed by atoms with Gasteiger partial charge in [-0.25, -0.2) is 4.98 Å². The van der Waals surface area contributed by atoms with Crippen molar-refractivity contribution >= 4 is 11.3 Å². The van der Waals surface area contributed by atoms with E-state index in [1.54, 1.807) is 18.3 Å². The van der Waals surface area contributed by atoms with Crippen molar-refractivity contribution in [3.05, 3.63) is 16.1 Å². The quantitative estimate of drug-likeness (QED) is 0.735. The first-order valence-electron chi connectivity index (χ1n) is 3.98. The fraction of sp³-hybridized carbons (Fsp3) is 0.625. The Bertz CT molecular complexity index is 235. The number of aryl methyl sites for hydroxylation is 1. The lowest BCUT2D eigenvalue weighted by molar-refractivity contribution is 0.191. The number of hydrogen-bond acceptors (Lipinski definition) is 4. The van der Waals surface area contributed by atoms with E-state index in [0.717, 1.165) is 12.2 Å². The van der Waals surface area contributed by atoms with Gasteiger partial charge in [-0.15, -0.1) is 11.3 Å². The molecule has 0 aromatic carbocycles. The van der Waals surface area contributed by atoms with Crippen LogP contribution < -0.4 is 5.32 Å². The highest BCUT2D eigenvalue weighted by molar-refractivity contribution is 7.09. The molecular formula is C8H14N2OS. The topological polar surface area (TPSA) is 45.2 Å². The van der Waals surface area contributed by atoms with E-state index in [1.165, 1.54) is 4.88 Å². The van der Waals surface area contributed by atoms with Crippen LogP contribution >= 0.6 is 11.3 Å². The van der Waals surface area contributed by atoms with Crippen LogP contribution in [0, 0.1) is 6.92 Å². The minimum Gasteiger partial charge on any atom is -0.392 e. The molecule has 0 radical (unpaired) electrons. The second-order valence-corrected chi connectivity index (χ2v) is 3.78. The standard InChI is InChI=1S/C8H14N2OS/c1-6(11)3-9-4-8-7(2)10-5-12-8/h5-6,9,11H,3-4H2,1-2H3/t6-/m1/s1. The Hall–Kier alpha value is -0.450. The molecule has 1 aromatic heterocycles. The summed E-state index contributed by atoms with van der Waals surface area (Å²) in [6.45, 7) is 5.21. The molecule has 0 saturated heterocycles. The second-order valence-electron chi connectivity index (χ2n) is 2.84. The predicted molar refractivity (Wildman–Crippen MR) is 50.2 cm³/mol. The molecule has 4 heteroatoms. The average molecular weight is 186 g/mol. The third-order valence-corrected chi connectivity index (χ3v) is 2.51. The van der Waals surface area contributed by atoms with Gasteiger partial charge >= 0.3 is 0 Å². The van der Waals surface area contributed by atoms with Gasteiger partial charge in [0.05, 0.1) is 17.3 Å². The van der Waals surface area contributed by atoms with Gasteiger partial charge in [-0.3, -0.25) is 0 Å². The van der Waals surface area contributed by atoms with Crippen molar-refractivity contribution < 1.29 is 5.11 Å². The minimum atomic E-state index is -0.279. The van der Waals surface area contributed by atoms with E-state index in [4.69, 9.17) is 5.11 Å². The highest BCUT2D eigenvalue weighted by atomic mass is 32.1. The fourth-order valence-corrected chi connectivity index (χ4v) is 1.64. The summed E-state index contributed by atoms with van der Waals surface area (Å²) in [6, 6.07) is 0. The molecule has 0 aliphatic rings. The number of rotatable bonds is 4. The first kappa shape index (κ1) is 9.64. The Morgan fingerprint density at radius 3 is 3.00 bits per heavy atom. The summed E-state index contributed by atoms with van der Waals surface area (Å²) < 4.78 is 0. The Kier molecular flexibility index (Phi) is 3.65. The first-order chi connectivity index (χ1) is 5.70. The van der Waals surface area contributed by atoms with Crippen molar-refractivity contribution in [1.82, 2.24) is 10.3 Å². The van der Waals surface area contributed by atoms with Crippen molar-refractivity contribution in [2.24, 2.45) is 0 Å². The highest BCUT2D eigenvalue weighted by Gasteiger charge is 2.00. The van der Waals surface area contributed by atoms with Crippen LogP contribution in [0.4, 0.5) is 0 Å². The highest BCUT2D eigenvalue weighted by Crippen LogP contribution is 2.10. The lowest BCUT2D eigenvalue weighted by Crippen LogP contribution is -2.23.